The minimum Gasteiger partial charge on any atom is -0.491 e. The van der Waals surface area contributed by atoms with Crippen LogP contribution in [-0.4, -0.2) is 48.1 Å². The molecule has 0 saturated carbocycles. The monoisotopic (exact) mass is 307 g/mol. The van der Waals surface area contributed by atoms with Crippen molar-refractivity contribution in [3.63, 3.8) is 0 Å². The van der Waals surface area contributed by atoms with Crippen molar-refractivity contribution in [1.29, 1.82) is 0 Å². The molecule has 2 aliphatic rings. The maximum absolute atomic E-state index is 10.3. The molecule has 3 unspecified atom stereocenters. The second kappa shape index (κ2) is 6.75. The molecule has 0 radical (unpaired) electrons. The van der Waals surface area contributed by atoms with Crippen molar-refractivity contribution in [2.45, 2.75) is 51.3 Å². The quantitative estimate of drug-likeness (QED) is 0.905. The van der Waals surface area contributed by atoms with Crippen LogP contribution in [-0.2, 0) is 0 Å². The Morgan fingerprint density at radius 1 is 1.23 bits per heavy atom. The molecule has 1 N–H and O–H groups in total. The van der Waals surface area contributed by atoms with Gasteiger partial charge in [0, 0.05) is 24.7 Å². The van der Waals surface area contributed by atoms with E-state index in [1.54, 1.807) is 6.07 Å². The van der Waals surface area contributed by atoms with Gasteiger partial charge in [-0.05, 0) is 38.8 Å². The number of benzene rings is 1. The smallest absolute Gasteiger partial charge is 0.231 e. The van der Waals surface area contributed by atoms with Gasteiger partial charge in [-0.1, -0.05) is 6.42 Å². The van der Waals surface area contributed by atoms with E-state index in [-0.39, 0.29) is 13.4 Å². The fourth-order valence-corrected chi connectivity index (χ4v) is 3.29. The summed E-state index contributed by atoms with van der Waals surface area (Å²) in [6, 6.07) is 6.54. The van der Waals surface area contributed by atoms with Crippen LogP contribution in [0.2, 0.25) is 0 Å². The molecule has 22 heavy (non-hydrogen) atoms. The summed E-state index contributed by atoms with van der Waals surface area (Å²) in [5.41, 5.74) is 0. The molecule has 0 aliphatic carbocycles. The van der Waals surface area contributed by atoms with Gasteiger partial charge in [0.25, 0.3) is 0 Å². The van der Waals surface area contributed by atoms with Crippen LogP contribution < -0.4 is 14.2 Å². The average molecular weight is 307 g/mol. The average Bonchev–Trinajstić information content (AvgIpc) is 2.96. The maximum Gasteiger partial charge on any atom is 0.231 e. The lowest BCUT2D eigenvalue weighted by atomic mass is 9.97. The predicted molar refractivity (Wildman–Crippen MR) is 83.5 cm³/mol. The minimum absolute atomic E-state index is 0.256. The zero-order valence-corrected chi connectivity index (χ0v) is 13.3. The topological polar surface area (TPSA) is 51.2 Å². The minimum atomic E-state index is -0.492. The van der Waals surface area contributed by atoms with Crippen molar-refractivity contribution >= 4 is 0 Å². The van der Waals surface area contributed by atoms with Crippen LogP contribution in [0.4, 0.5) is 0 Å². The summed E-state index contributed by atoms with van der Waals surface area (Å²) >= 11 is 0. The number of aliphatic hydroxyl groups is 1. The van der Waals surface area contributed by atoms with E-state index in [1.165, 1.54) is 19.3 Å². The molecule has 1 aromatic rings. The van der Waals surface area contributed by atoms with Crippen LogP contribution in [0, 0.1) is 0 Å². The molecular formula is C17H25NO4. The van der Waals surface area contributed by atoms with E-state index in [2.05, 4.69) is 18.7 Å². The van der Waals surface area contributed by atoms with Crippen molar-refractivity contribution in [1.82, 2.24) is 4.90 Å². The van der Waals surface area contributed by atoms with Gasteiger partial charge in [-0.25, -0.2) is 0 Å². The number of rotatable bonds is 5. The first kappa shape index (κ1) is 15.4. The van der Waals surface area contributed by atoms with Gasteiger partial charge in [-0.15, -0.1) is 0 Å². The molecule has 0 amide bonds. The lowest BCUT2D eigenvalue weighted by Crippen LogP contribution is -2.48. The van der Waals surface area contributed by atoms with Crippen molar-refractivity contribution in [3.8, 4) is 17.2 Å². The first-order valence-corrected chi connectivity index (χ1v) is 8.09. The van der Waals surface area contributed by atoms with E-state index in [9.17, 15) is 5.11 Å². The van der Waals surface area contributed by atoms with E-state index >= 15 is 0 Å². The summed E-state index contributed by atoms with van der Waals surface area (Å²) in [7, 11) is 0. The van der Waals surface area contributed by atoms with E-state index in [0.29, 0.717) is 30.1 Å². The standard InChI is InChI=1S/C17H25NO4/c1-12-4-3-5-13(2)18(12)9-14(19)10-20-15-6-7-16-17(8-15)22-11-21-16/h6-8,12-14,19H,3-5,9-11H2,1-2H3. The zero-order valence-electron chi connectivity index (χ0n) is 13.3. The highest BCUT2D eigenvalue weighted by molar-refractivity contribution is 5.46. The van der Waals surface area contributed by atoms with Crippen LogP contribution in [0.1, 0.15) is 33.1 Å². The number of hydrogen-bond acceptors (Lipinski definition) is 5. The van der Waals surface area contributed by atoms with E-state index in [0.717, 1.165) is 5.75 Å². The van der Waals surface area contributed by atoms with Gasteiger partial charge in [0.05, 0.1) is 0 Å². The lowest BCUT2D eigenvalue weighted by molar-refractivity contribution is 0.0208. The second-order valence-electron chi connectivity index (χ2n) is 6.31. The Kier molecular flexibility index (Phi) is 4.74. The predicted octanol–water partition coefficient (Wildman–Crippen LogP) is 2.42. The second-order valence-corrected chi connectivity index (χ2v) is 6.31. The van der Waals surface area contributed by atoms with Gasteiger partial charge in [0.2, 0.25) is 6.79 Å². The fourth-order valence-electron chi connectivity index (χ4n) is 3.29. The summed E-state index contributed by atoms with van der Waals surface area (Å²) in [6.07, 6.45) is 3.21. The van der Waals surface area contributed by atoms with Crippen LogP contribution in [0.5, 0.6) is 17.2 Å². The van der Waals surface area contributed by atoms with Gasteiger partial charge < -0.3 is 19.3 Å². The Bertz CT molecular complexity index is 497. The maximum atomic E-state index is 10.3. The van der Waals surface area contributed by atoms with E-state index in [4.69, 9.17) is 14.2 Å². The molecule has 3 rings (SSSR count). The number of fused-ring (bicyclic) bond motifs is 1. The number of nitrogens with zero attached hydrogens (tertiary/aromatic N) is 1. The van der Waals surface area contributed by atoms with E-state index < -0.39 is 6.10 Å². The van der Waals surface area contributed by atoms with Crippen molar-refractivity contribution in [3.05, 3.63) is 18.2 Å². The Labute approximate surface area is 131 Å². The Morgan fingerprint density at radius 3 is 2.73 bits per heavy atom. The molecule has 5 nitrogen and oxygen atoms in total. The molecule has 2 heterocycles. The van der Waals surface area contributed by atoms with E-state index in [1.807, 2.05) is 12.1 Å². The SMILES string of the molecule is CC1CCCC(C)N1CC(O)COc1ccc2c(c1)OCO2. The van der Waals surface area contributed by atoms with Crippen LogP contribution in [0.25, 0.3) is 0 Å². The van der Waals surface area contributed by atoms with Gasteiger partial charge >= 0.3 is 0 Å². The summed E-state index contributed by atoms with van der Waals surface area (Å²) in [5, 5.41) is 10.3. The first-order chi connectivity index (χ1) is 10.6. The van der Waals surface area contributed by atoms with Crippen molar-refractivity contribution < 1.29 is 19.3 Å². The van der Waals surface area contributed by atoms with Gasteiger partial charge in [0.1, 0.15) is 18.5 Å². The van der Waals surface area contributed by atoms with Gasteiger partial charge in [-0.3, -0.25) is 4.90 Å². The van der Waals surface area contributed by atoms with Crippen LogP contribution in [0.3, 0.4) is 0 Å². The molecule has 3 atom stereocenters. The summed E-state index contributed by atoms with van der Waals surface area (Å²) < 4.78 is 16.3. The number of hydrogen-bond donors (Lipinski definition) is 1. The molecule has 1 fully saturated rings. The third-order valence-electron chi connectivity index (χ3n) is 4.58. The molecule has 122 valence electrons. The Hall–Kier alpha value is -1.46. The number of ether oxygens (including phenoxy) is 3. The summed E-state index contributed by atoms with van der Waals surface area (Å²) in [5.74, 6) is 2.14. The fraction of sp³-hybridized carbons (Fsp3) is 0.647. The highest BCUT2D eigenvalue weighted by Crippen LogP contribution is 2.35. The number of aliphatic hydroxyl groups excluding tert-OH is 1. The zero-order chi connectivity index (χ0) is 15.5. The largest absolute Gasteiger partial charge is 0.491 e. The number of piperidine rings is 1. The lowest BCUT2D eigenvalue weighted by Gasteiger charge is -2.40. The molecular weight excluding hydrogens is 282 g/mol. The normalized spacial score (nSPS) is 26.0. The van der Waals surface area contributed by atoms with Crippen LogP contribution in [0.15, 0.2) is 18.2 Å². The molecule has 0 spiro atoms. The summed E-state index contributed by atoms with van der Waals surface area (Å²) in [4.78, 5) is 2.39. The molecule has 0 aromatic heterocycles. The highest BCUT2D eigenvalue weighted by atomic mass is 16.7. The third-order valence-corrected chi connectivity index (χ3v) is 4.58. The molecule has 1 saturated heterocycles. The summed E-state index contributed by atoms with van der Waals surface area (Å²) in [6.45, 7) is 5.68. The van der Waals surface area contributed by atoms with Crippen LogP contribution >= 0.6 is 0 Å². The molecule has 2 aliphatic heterocycles. The van der Waals surface area contributed by atoms with Gasteiger partial charge in [0.15, 0.2) is 11.5 Å². The Morgan fingerprint density at radius 2 is 1.95 bits per heavy atom. The van der Waals surface area contributed by atoms with Crippen molar-refractivity contribution in [2.24, 2.45) is 0 Å². The number of likely N-dealkylation sites (tertiary alicyclic amines) is 1. The third kappa shape index (κ3) is 3.47. The molecule has 0 bridgehead atoms. The first-order valence-electron chi connectivity index (χ1n) is 8.09. The van der Waals surface area contributed by atoms with Gasteiger partial charge in [-0.2, -0.15) is 0 Å². The number of β-amino-alcohol motifs (C(OH)–C–C–N with tert-alkyl or cyclic N) is 1. The molecule has 5 heteroatoms. The Balaban J connectivity index is 1.50. The highest BCUT2D eigenvalue weighted by Gasteiger charge is 2.26. The van der Waals surface area contributed by atoms with Crippen molar-refractivity contribution in [2.75, 3.05) is 19.9 Å². The molecule has 1 aromatic carbocycles.